The van der Waals surface area contributed by atoms with E-state index in [0.29, 0.717) is 24.6 Å². The number of rotatable bonds is 2. The normalized spacial score (nSPS) is 23.9. The average Bonchev–Trinajstić information content (AvgIpc) is 2.94. The second-order valence-electron chi connectivity index (χ2n) is 4.90. The van der Waals surface area contributed by atoms with Crippen molar-refractivity contribution >= 4 is 22.6 Å². The molecule has 1 atom stereocenters. The quantitative estimate of drug-likeness (QED) is 0.783. The number of hydrogen-bond acceptors (Lipinski definition) is 2. The van der Waals surface area contributed by atoms with Crippen LogP contribution in [-0.2, 0) is 16.2 Å². The predicted molar refractivity (Wildman–Crippen MR) is 68.3 cm³/mol. The van der Waals surface area contributed by atoms with Crippen molar-refractivity contribution < 1.29 is 9.13 Å². The number of benzene rings is 1. The van der Waals surface area contributed by atoms with Crippen LogP contribution in [0, 0.1) is 5.82 Å². The Morgan fingerprint density at radius 1 is 1.56 bits per heavy atom. The summed E-state index contributed by atoms with van der Waals surface area (Å²) in [7, 11) is 0. The summed E-state index contributed by atoms with van der Waals surface area (Å²) in [4.78, 5) is 4.32. The Morgan fingerprint density at radius 3 is 3.06 bits per heavy atom. The predicted octanol–water partition coefficient (Wildman–Crippen LogP) is 3.05. The first-order chi connectivity index (χ1) is 8.65. The van der Waals surface area contributed by atoms with Crippen molar-refractivity contribution in [2.75, 3.05) is 13.2 Å². The second kappa shape index (κ2) is 4.21. The Labute approximate surface area is 110 Å². The molecule has 3 nitrogen and oxygen atoms in total. The van der Waals surface area contributed by atoms with E-state index in [0.717, 1.165) is 11.9 Å². The van der Waals surface area contributed by atoms with Crippen LogP contribution < -0.4 is 0 Å². The van der Waals surface area contributed by atoms with Gasteiger partial charge in [0.15, 0.2) is 5.82 Å². The van der Waals surface area contributed by atoms with Gasteiger partial charge in [-0.05, 0) is 25.5 Å². The van der Waals surface area contributed by atoms with Crippen LogP contribution in [0.2, 0.25) is 0 Å². The standard InChI is InChI=1S/C13H14ClFN2O/c1-13(5-6-18-8-13)17-10-4-2-3-9(15)12(10)16-11(17)7-14/h2-4H,5-8H2,1H3. The summed E-state index contributed by atoms with van der Waals surface area (Å²) in [5, 5.41) is 0. The van der Waals surface area contributed by atoms with Crippen molar-refractivity contribution in [3.63, 3.8) is 0 Å². The lowest BCUT2D eigenvalue weighted by Gasteiger charge is -2.26. The third kappa shape index (κ3) is 1.63. The molecule has 0 bridgehead atoms. The molecule has 0 saturated carbocycles. The van der Waals surface area contributed by atoms with Crippen LogP contribution in [0.25, 0.3) is 11.0 Å². The Hall–Kier alpha value is -1.13. The number of imidazole rings is 1. The van der Waals surface area contributed by atoms with Crippen molar-refractivity contribution in [1.29, 1.82) is 0 Å². The molecule has 96 valence electrons. The smallest absolute Gasteiger partial charge is 0.151 e. The molecule has 0 radical (unpaired) electrons. The number of fused-ring (bicyclic) bond motifs is 1. The zero-order valence-corrected chi connectivity index (χ0v) is 10.9. The largest absolute Gasteiger partial charge is 0.379 e. The van der Waals surface area contributed by atoms with Gasteiger partial charge in [-0.3, -0.25) is 0 Å². The molecule has 1 fully saturated rings. The molecule has 2 aromatic rings. The van der Waals surface area contributed by atoms with E-state index in [1.807, 2.05) is 10.6 Å². The van der Waals surface area contributed by atoms with Gasteiger partial charge in [0.25, 0.3) is 0 Å². The summed E-state index contributed by atoms with van der Waals surface area (Å²) in [6.07, 6.45) is 0.888. The molecule has 3 rings (SSSR count). The highest BCUT2D eigenvalue weighted by Gasteiger charge is 2.35. The average molecular weight is 269 g/mol. The highest BCUT2D eigenvalue weighted by molar-refractivity contribution is 6.16. The molecule has 0 spiro atoms. The zero-order valence-electron chi connectivity index (χ0n) is 10.1. The first-order valence-electron chi connectivity index (χ1n) is 5.96. The van der Waals surface area contributed by atoms with E-state index in [4.69, 9.17) is 16.3 Å². The minimum atomic E-state index is -0.305. The summed E-state index contributed by atoms with van der Waals surface area (Å²) >= 11 is 5.95. The maximum atomic E-state index is 13.8. The molecule has 0 N–H and O–H groups in total. The van der Waals surface area contributed by atoms with E-state index in [2.05, 4.69) is 11.9 Å². The van der Waals surface area contributed by atoms with E-state index < -0.39 is 0 Å². The first kappa shape index (κ1) is 11.9. The summed E-state index contributed by atoms with van der Waals surface area (Å²) < 4.78 is 21.3. The minimum Gasteiger partial charge on any atom is -0.379 e. The molecule has 0 amide bonds. The van der Waals surface area contributed by atoms with Gasteiger partial charge in [-0.15, -0.1) is 11.6 Å². The van der Waals surface area contributed by atoms with Crippen molar-refractivity contribution in [3.05, 3.63) is 29.8 Å². The van der Waals surface area contributed by atoms with E-state index in [1.165, 1.54) is 6.07 Å². The lowest BCUT2D eigenvalue weighted by atomic mass is 10.0. The molecular weight excluding hydrogens is 255 g/mol. The molecule has 1 unspecified atom stereocenters. The first-order valence-corrected chi connectivity index (χ1v) is 6.49. The minimum absolute atomic E-state index is 0.188. The molecule has 1 saturated heterocycles. The maximum Gasteiger partial charge on any atom is 0.151 e. The molecule has 1 aromatic carbocycles. The van der Waals surface area contributed by atoms with Gasteiger partial charge in [0, 0.05) is 6.61 Å². The summed E-state index contributed by atoms with van der Waals surface area (Å²) in [5.74, 6) is 0.661. The number of aromatic nitrogens is 2. The van der Waals surface area contributed by atoms with Crippen LogP contribution in [0.4, 0.5) is 4.39 Å². The monoisotopic (exact) mass is 268 g/mol. The van der Waals surface area contributed by atoms with E-state index in [9.17, 15) is 4.39 Å². The summed E-state index contributed by atoms with van der Waals surface area (Å²) in [6, 6.07) is 5.00. The van der Waals surface area contributed by atoms with Gasteiger partial charge in [0.05, 0.1) is 23.5 Å². The topological polar surface area (TPSA) is 27.1 Å². The highest BCUT2D eigenvalue weighted by atomic mass is 35.5. The van der Waals surface area contributed by atoms with Gasteiger partial charge in [0.2, 0.25) is 0 Å². The SMILES string of the molecule is CC1(n2c(CCl)nc3c(F)cccc32)CCOC1. The molecule has 1 aromatic heterocycles. The van der Waals surface area contributed by atoms with Crippen LogP contribution in [0.3, 0.4) is 0 Å². The van der Waals surface area contributed by atoms with Gasteiger partial charge in [0.1, 0.15) is 11.3 Å². The highest BCUT2D eigenvalue weighted by Crippen LogP contribution is 2.33. The molecule has 1 aliphatic rings. The van der Waals surface area contributed by atoms with Gasteiger partial charge >= 0.3 is 0 Å². The molecular formula is C13H14ClFN2O. The molecule has 18 heavy (non-hydrogen) atoms. The molecule has 0 aliphatic carbocycles. The van der Waals surface area contributed by atoms with E-state index in [1.54, 1.807) is 6.07 Å². The maximum absolute atomic E-state index is 13.8. The van der Waals surface area contributed by atoms with Crippen molar-refractivity contribution in [1.82, 2.24) is 9.55 Å². The lowest BCUT2D eigenvalue weighted by Crippen LogP contribution is -2.31. The number of halogens is 2. The third-order valence-electron chi connectivity index (χ3n) is 3.56. The third-order valence-corrected chi connectivity index (χ3v) is 3.80. The van der Waals surface area contributed by atoms with Crippen molar-refractivity contribution in [2.45, 2.75) is 24.8 Å². The second-order valence-corrected chi connectivity index (χ2v) is 5.17. The van der Waals surface area contributed by atoms with Gasteiger partial charge in [-0.25, -0.2) is 9.37 Å². The summed E-state index contributed by atoms with van der Waals surface area (Å²) in [5.41, 5.74) is 0.993. The number of nitrogens with zero attached hydrogens (tertiary/aromatic N) is 2. The van der Waals surface area contributed by atoms with Crippen LogP contribution in [0.5, 0.6) is 0 Å². The van der Waals surface area contributed by atoms with Gasteiger partial charge < -0.3 is 9.30 Å². The summed E-state index contributed by atoms with van der Waals surface area (Å²) in [6.45, 7) is 3.42. The van der Waals surface area contributed by atoms with Gasteiger partial charge in [-0.2, -0.15) is 0 Å². The zero-order chi connectivity index (χ0) is 12.8. The number of para-hydroxylation sites is 1. The van der Waals surface area contributed by atoms with Crippen LogP contribution in [-0.4, -0.2) is 22.8 Å². The molecule has 2 heterocycles. The van der Waals surface area contributed by atoms with Gasteiger partial charge in [-0.1, -0.05) is 6.07 Å². The van der Waals surface area contributed by atoms with Crippen LogP contribution >= 0.6 is 11.6 Å². The fourth-order valence-electron chi connectivity index (χ4n) is 2.64. The number of alkyl halides is 1. The Bertz CT molecular complexity index is 590. The Kier molecular flexibility index (Phi) is 2.79. The van der Waals surface area contributed by atoms with E-state index >= 15 is 0 Å². The fourth-order valence-corrected chi connectivity index (χ4v) is 2.82. The molecule has 1 aliphatic heterocycles. The molecule has 5 heteroatoms. The fraction of sp³-hybridized carbons (Fsp3) is 0.462. The van der Waals surface area contributed by atoms with Crippen molar-refractivity contribution in [2.24, 2.45) is 0 Å². The number of ether oxygens (including phenoxy) is 1. The van der Waals surface area contributed by atoms with Crippen molar-refractivity contribution in [3.8, 4) is 0 Å². The number of hydrogen-bond donors (Lipinski definition) is 0. The lowest BCUT2D eigenvalue weighted by molar-refractivity contribution is 0.162. The van der Waals surface area contributed by atoms with E-state index in [-0.39, 0.29) is 17.2 Å². The Morgan fingerprint density at radius 2 is 2.39 bits per heavy atom. The Balaban J connectivity index is 2.29. The van der Waals surface area contributed by atoms with Crippen LogP contribution in [0.1, 0.15) is 19.2 Å². The van der Waals surface area contributed by atoms with Crippen LogP contribution in [0.15, 0.2) is 18.2 Å².